The zero-order valence-corrected chi connectivity index (χ0v) is 17.7. The van der Waals surface area contributed by atoms with E-state index in [4.69, 9.17) is 16.3 Å². The highest BCUT2D eigenvalue weighted by atomic mass is 35.5. The number of nitrogens with one attached hydrogen (secondary N) is 1. The third kappa shape index (κ3) is 5.73. The van der Waals surface area contributed by atoms with Gasteiger partial charge in [0.15, 0.2) is 0 Å². The first-order valence-electron chi connectivity index (χ1n) is 9.96. The van der Waals surface area contributed by atoms with Gasteiger partial charge in [-0.2, -0.15) is 0 Å². The number of carbonyl (C=O) groups is 2. The highest BCUT2D eigenvalue weighted by molar-refractivity contribution is 6.30. The summed E-state index contributed by atoms with van der Waals surface area (Å²) in [6.45, 7) is 6.13. The van der Waals surface area contributed by atoms with E-state index in [9.17, 15) is 9.59 Å². The molecule has 1 aliphatic heterocycles. The molecule has 0 aliphatic carbocycles. The van der Waals surface area contributed by atoms with Crippen LogP contribution in [0.4, 0.5) is 0 Å². The molecule has 6 heteroatoms. The van der Waals surface area contributed by atoms with E-state index in [0.29, 0.717) is 49.7 Å². The van der Waals surface area contributed by atoms with Gasteiger partial charge in [0.1, 0.15) is 12.4 Å². The Labute approximate surface area is 177 Å². The Balaban J connectivity index is 1.39. The lowest BCUT2D eigenvalue weighted by Gasteiger charge is -2.31. The number of amides is 2. The van der Waals surface area contributed by atoms with Crippen LogP contribution in [-0.4, -0.2) is 43.0 Å². The maximum atomic E-state index is 12.5. The number of carbonyl (C=O) groups excluding carboxylic acids is 2. The second-order valence-electron chi connectivity index (χ2n) is 7.48. The summed E-state index contributed by atoms with van der Waals surface area (Å²) in [4.78, 5) is 26.8. The minimum absolute atomic E-state index is 0.0117. The summed E-state index contributed by atoms with van der Waals surface area (Å²) in [5, 5.41) is 3.56. The van der Waals surface area contributed by atoms with Crippen molar-refractivity contribution in [2.75, 3.05) is 26.2 Å². The van der Waals surface area contributed by atoms with Crippen molar-refractivity contribution >= 4 is 23.4 Å². The molecule has 5 nitrogen and oxygen atoms in total. The lowest BCUT2D eigenvalue weighted by Crippen LogP contribution is -2.43. The number of nitrogens with zero attached hydrogens (tertiary/aromatic N) is 1. The van der Waals surface area contributed by atoms with Gasteiger partial charge in [0, 0.05) is 29.6 Å². The molecule has 0 atom stereocenters. The van der Waals surface area contributed by atoms with Gasteiger partial charge in [-0.25, -0.2) is 0 Å². The molecule has 1 saturated heterocycles. The van der Waals surface area contributed by atoms with Crippen molar-refractivity contribution in [3.05, 3.63) is 64.2 Å². The Kier molecular flexibility index (Phi) is 7.15. The molecular weight excluding hydrogens is 388 g/mol. The normalized spacial score (nSPS) is 14.5. The van der Waals surface area contributed by atoms with Crippen molar-refractivity contribution in [3.63, 3.8) is 0 Å². The lowest BCUT2D eigenvalue weighted by atomic mass is 9.95. The molecule has 0 aromatic heterocycles. The van der Waals surface area contributed by atoms with Crippen molar-refractivity contribution in [2.24, 2.45) is 5.92 Å². The van der Waals surface area contributed by atoms with Crippen LogP contribution in [-0.2, 0) is 4.79 Å². The van der Waals surface area contributed by atoms with Gasteiger partial charge in [0.25, 0.3) is 5.91 Å². The first-order valence-corrected chi connectivity index (χ1v) is 10.3. The zero-order chi connectivity index (χ0) is 20.8. The van der Waals surface area contributed by atoms with Crippen LogP contribution >= 0.6 is 11.6 Å². The molecule has 1 fully saturated rings. The second kappa shape index (κ2) is 9.79. The van der Waals surface area contributed by atoms with Crippen LogP contribution in [0.15, 0.2) is 42.5 Å². The van der Waals surface area contributed by atoms with Gasteiger partial charge in [0.2, 0.25) is 5.91 Å². The van der Waals surface area contributed by atoms with Crippen molar-refractivity contribution in [2.45, 2.75) is 26.7 Å². The van der Waals surface area contributed by atoms with Crippen LogP contribution in [0.5, 0.6) is 5.75 Å². The maximum Gasteiger partial charge on any atom is 0.253 e. The summed E-state index contributed by atoms with van der Waals surface area (Å²) >= 11 is 5.88. The minimum Gasteiger partial charge on any atom is -0.491 e. The molecule has 2 aromatic carbocycles. The number of aryl methyl sites for hydroxylation is 2. The molecule has 29 heavy (non-hydrogen) atoms. The molecule has 2 amide bonds. The van der Waals surface area contributed by atoms with Gasteiger partial charge < -0.3 is 15.0 Å². The third-order valence-electron chi connectivity index (χ3n) is 5.23. The molecule has 2 aromatic rings. The van der Waals surface area contributed by atoms with E-state index in [2.05, 4.69) is 11.4 Å². The predicted octanol–water partition coefficient (Wildman–Crippen LogP) is 4.00. The molecular formula is C23H27ClN2O3. The number of hydrogen-bond donors (Lipinski definition) is 1. The largest absolute Gasteiger partial charge is 0.491 e. The minimum atomic E-state index is -0.0645. The molecule has 0 unspecified atom stereocenters. The first kappa shape index (κ1) is 21.2. The summed E-state index contributed by atoms with van der Waals surface area (Å²) in [5.41, 5.74) is 2.92. The smallest absolute Gasteiger partial charge is 0.253 e. The average Bonchev–Trinajstić information content (AvgIpc) is 2.72. The highest BCUT2D eigenvalue weighted by Gasteiger charge is 2.27. The van der Waals surface area contributed by atoms with Crippen LogP contribution in [0.2, 0.25) is 5.02 Å². The molecule has 154 valence electrons. The Morgan fingerprint density at radius 3 is 2.45 bits per heavy atom. The van der Waals surface area contributed by atoms with Crippen molar-refractivity contribution < 1.29 is 14.3 Å². The number of piperidine rings is 1. The zero-order valence-electron chi connectivity index (χ0n) is 16.9. The number of likely N-dealkylation sites (tertiary alicyclic amines) is 1. The van der Waals surface area contributed by atoms with Gasteiger partial charge in [-0.1, -0.05) is 29.3 Å². The van der Waals surface area contributed by atoms with E-state index in [-0.39, 0.29) is 17.7 Å². The van der Waals surface area contributed by atoms with Crippen LogP contribution in [0.25, 0.3) is 0 Å². The second-order valence-corrected chi connectivity index (χ2v) is 7.92. The van der Waals surface area contributed by atoms with E-state index in [0.717, 1.165) is 11.3 Å². The molecule has 1 N–H and O–H groups in total. The standard InChI is InChI=1S/C23H27ClN2O3/c1-16-3-8-21(17(2)15-16)29-14-11-25-22(27)18-9-12-26(13-10-18)23(28)19-4-6-20(24)7-5-19/h3-8,15,18H,9-14H2,1-2H3,(H,25,27). The summed E-state index contributed by atoms with van der Waals surface area (Å²) < 4.78 is 5.76. The third-order valence-corrected chi connectivity index (χ3v) is 5.49. The maximum absolute atomic E-state index is 12.5. The fourth-order valence-electron chi connectivity index (χ4n) is 3.56. The quantitative estimate of drug-likeness (QED) is 0.726. The number of halogens is 1. The average molecular weight is 415 g/mol. The molecule has 1 heterocycles. The Hall–Kier alpha value is -2.53. The monoisotopic (exact) mass is 414 g/mol. The van der Waals surface area contributed by atoms with E-state index in [1.165, 1.54) is 5.56 Å². The van der Waals surface area contributed by atoms with E-state index >= 15 is 0 Å². The van der Waals surface area contributed by atoms with Crippen molar-refractivity contribution in [1.29, 1.82) is 0 Å². The predicted molar refractivity (Wildman–Crippen MR) is 115 cm³/mol. The van der Waals surface area contributed by atoms with Crippen molar-refractivity contribution in [1.82, 2.24) is 10.2 Å². The molecule has 0 spiro atoms. The van der Waals surface area contributed by atoms with E-state index < -0.39 is 0 Å². The summed E-state index contributed by atoms with van der Waals surface area (Å²) in [6.07, 6.45) is 1.34. The molecule has 3 rings (SSSR count). The number of hydrogen-bond acceptors (Lipinski definition) is 3. The molecule has 0 saturated carbocycles. The van der Waals surface area contributed by atoms with Crippen molar-refractivity contribution in [3.8, 4) is 5.75 Å². The fraction of sp³-hybridized carbons (Fsp3) is 0.391. The summed E-state index contributed by atoms with van der Waals surface area (Å²) in [7, 11) is 0. The van der Waals surface area contributed by atoms with Gasteiger partial charge in [-0.05, 0) is 62.6 Å². The fourth-order valence-corrected chi connectivity index (χ4v) is 3.69. The Bertz CT molecular complexity index is 859. The number of rotatable bonds is 6. The first-order chi connectivity index (χ1) is 13.9. The SMILES string of the molecule is Cc1ccc(OCCNC(=O)C2CCN(C(=O)c3ccc(Cl)cc3)CC2)c(C)c1. The highest BCUT2D eigenvalue weighted by Crippen LogP contribution is 2.21. The van der Waals surface area contributed by atoms with E-state index in [1.54, 1.807) is 29.2 Å². The molecule has 0 radical (unpaired) electrons. The Morgan fingerprint density at radius 1 is 1.10 bits per heavy atom. The summed E-state index contributed by atoms with van der Waals surface area (Å²) in [6, 6.07) is 13.0. The molecule has 0 bridgehead atoms. The number of benzene rings is 2. The van der Waals surface area contributed by atoms with Crippen LogP contribution in [0, 0.1) is 19.8 Å². The summed E-state index contributed by atoms with van der Waals surface area (Å²) in [5.74, 6) is 0.805. The van der Waals surface area contributed by atoms with Gasteiger partial charge in [0.05, 0.1) is 6.54 Å². The number of ether oxygens (including phenoxy) is 1. The topological polar surface area (TPSA) is 58.6 Å². The van der Waals surface area contributed by atoms with E-state index in [1.807, 2.05) is 26.0 Å². The van der Waals surface area contributed by atoms with Crippen LogP contribution in [0.3, 0.4) is 0 Å². The van der Waals surface area contributed by atoms with Gasteiger partial charge in [-0.15, -0.1) is 0 Å². The Morgan fingerprint density at radius 2 is 1.79 bits per heavy atom. The lowest BCUT2D eigenvalue weighted by molar-refractivity contribution is -0.126. The van der Waals surface area contributed by atoms with Gasteiger partial charge in [-0.3, -0.25) is 9.59 Å². The van der Waals surface area contributed by atoms with Gasteiger partial charge >= 0.3 is 0 Å². The molecule has 1 aliphatic rings. The van der Waals surface area contributed by atoms with Crippen LogP contribution < -0.4 is 10.1 Å². The van der Waals surface area contributed by atoms with Crippen LogP contribution in [0.1, 0.15) is 34.3 Å².